The van der Waals surface area contributed by atoms with E-state index in [1.165, 1.54) is 0 Å². The van der Waals surface area contributed by atoms with E-state index in [0.29, 0.717) is 5.92 Å². The van der Waals surface area contributed by atoms with Gasteiger partial charge in [0.2, 0.25) is 0 Å². The van der Waals surface area contributed by atoms with Crippen molar-refractivity contribution in [1.29, 1.82) is 0 Å². The number of rotatable bonds is 4. The van der Waals surface area contributed by atoms with Crippen molar-refractivity contribution in [3.63, 3.8) is 0 Å². The van der Waals surface area contributed by atoms with Gasteiger partial charge in [0.25, 0.3) is 0 Å². The highest BCUT2D eigenvalue weighted by atomic mass is 15.2. The van der Waals surface area contributed by atoms with E-state index in [4.69, 9.17) is 5.73 Å². The number of anilines is 3. The second-order valence-corrected chi connectivity index (χ2v) is 5.09. The lowest BCUT2D eigenvalue weighted by molar-refractivity contribution is 0.602. The van der Waals surface area contributed by atoms with E-state index in [2.05, 4.69) is 20.2 Å². The van der Waals surface area contributed by atoms with E-state index in [0.717, 1.165) is 43.4 Å². The van der Waals surface area contributed by atoms with Gasteiger partial charge >= 0.3 is 0 Å². The van der Waals surface area contributed by atoms with Crippen LogP contribution in [0.25, 0.3) is 0 Å². The van der Waals surface area contributed by atoms with Gasteiger partial charge in [-0.05, 0) is 31.0 Å². The number of aromatic nitrogens is 2. The van der Waals surface area contributed by atoms with Gasteiger partial charge in [0.05, 0.1) is 0 Å². The molecule has 5 nitrogen and oxygen atoms in total. The Kier molecular flexibility index (Phi) is 3.78. The number of nitrogens with zero attached hydrogens (tertiary/aromatic N) is 3. The van der Waals surface area contributed by atoms with Gasteiger partial charge in [0.1, 0.15) is 18.0 Å². The summed E-state index contributed by atoms with van der Waals surface area (Å²) in [6.07, 6.45) is 2.75. The van der Waals surface area contributed by atoms with Crippen LogP contribution < -0.4 is 16.0 Å². The third-order valence-corrected chi connectivity index (χ3v) is 3.64. The summed E-state index contributed by atoms with van der Waals surface area (Å²) < 4.78 is 0. The van der Waals surface area contributed by atoms with Gasteiger partial charge in [-0.15, -0.1) is 0 Å². The predicted molar refractivity (Wildman–Crippen MR) is 81.1 cm³/mol. The molecule has 0 radical (unpaired) electrons. The molecule has 0 aliphatic carbocycles. The van der Waals surface area contributed by atoms with Crippen LogP contribution in [0.2, 0.25) is 0 Å². The predicted octanol–water partition coefficient (Wildman–Crippen LogP) is 2.01. The molecular formula is C15H19N5. The first kappa shape index (κ1) is 12.9. The molecule has 2 heterocycles. The molecule has 1 aliphatic rings. The van der Waals surface area contributed by atoms with Gasteiger partial charge in [-0.3, -0.25) is 0 Å². The Morgan fingerprint density at radius 3 is 2.85 bits per heavy atom. The van der Waals surface area contributed by atoms with E-state index in [-0.39, 0.29) is 0 Å². The Morgan fingerprint density at radius 1 is 1.25 bits per heavy atom. The van der Waals surface area contributed by atoms with Crippen LogP contribution in [-0.4, -0.2) is 29.6 Å². The summed E-state index contributed by atoms with van der Waals surface area (Å²) in [6, 6.07) is 12.0. The summed E-state index contributed by atoms with van der Waals surface area (Å²) in [5.41, 5.74) is 6.76. The minimum absolute atomic E-state index is 0.579. The van der Waals surface area contributed by atoms with Gasteiger partial charge in [-0.1, -0.05) is 18.2 Å². The standard InChI is InChI=1S/C15H19N5/c16-9-12-6-7-20(10-12)15-8-14(17-11-18-15)19-13-4-2-1-3-5-13/h1-5,8,11-12H,6-7,9-10,16H2,(H,17,18,19). The van der Waals surface area contributed by atoms with Gasteiger partial charge in [-0.25, -0.2) is 9.97 Å². The van der Waals surface area contributed by atoms with Crippen molar-refractivity contribution in [2.24, 2.45) is 11.7 Å². The van der Waals surface area contributed by atoms with Crippen LogP contribution in [0.3, 0.4) is 0 Å². The fraction of sp³-hybridized carbons (Fsp3) is 0.333. The number of benzene rings is 1. The number of hydrogen-bond donors (Lipinski definition) is 2. The Balaban J connectivity index is 1.73. The maximum atomic E-state index is 5.73. The van der Waals surface area contributed by atoms with Crippen LogP contribution in [0.4, 0.5) is 17.3 Å². The molecule has 0 spiro atoms. The molecule has 20 heavy (non-hydrogen) atoms. The summed E-state index contributed by atoms with van der Waals surface area (Å²) in [7, 11) is 0. The van der Waals surface area contributed by atoms with E-state index in [1.807, 2.05) is 36.4 Å². The highest BCUT2D eigenvalue weighted by Gasteiger charge is 2.22. The Hall–Kier alpha value is -2.14. The average molecular weight is 269 g/mol. The van der Waals surface area contributed by atoms with Crippen LogP contribution in [0, 0.1) is 5.92 Å². The van der Waals surface area contributed by atoms with Crippen LogP contribution in [0.15, 0.2) is 42.7 Å². The fourth-order valence-corrected chi connectivity index (χ4v) is 2.49. The molecule has 104 valence electrons. The molecular weight excluding hydrogens is 250 g/mol. The van der Waals surface area contributed by atoms with Crippen molar-refractivity contribution in [2.45, 2.75) is 6.42 Å². The smallest absolute Gasteiger partial charge is 0.135 e. The third-order valence-electron chi connectivity index (χ3n) is 3.64. The van der Waals surface area contributed by atoms with Crippen molar-refractivity contribution in [3.8, 4) is 0 Å². The normalized spacial score (nSPS) is 18.2. The topological polar surface area (TPSA) is 67.1 Å². The average Bonchev–Trinajstić information content (AvgIpc) is 2.98. The highest BCUT2D eigenvalue weighted by molar-refractivity contribution is 5.59. The molecule has 5 heteroatoms. The minimum atomic E-state index is 0.579. The molecule has 3 N–H and O–H groups in total. The van der Waals surface area contributed by atoms with Crippen molar-refractivity contribution >= 4 is 17.3 Å². The first-order valence-electron chi connectivity index (χ1n) is 6.94. The lowest BCUT2D eigenvalue weighted by Crippen LogP contribution is -2.23. The SMILES string of the molecule is NCC1CCN(c2cc(Nc3ccccc3)ncn2)C1. The van der Waals surface area contributed by atoms with Crippen LogP contribution >= 0.6 is 0 Å². The lowest BCUT2D eigenvalue weighted by atomic mass is 10.1. The van der Waals surface area contributed by atoms with E-state index < -0.39 is 0 Å². The Morgan fingerprint density at radius 2 is 2.10 bits per heavy atom. The van der Waals surface area contributed by atoms with Crippen molar-refractivity contribution < 1.29 is 0 Å². The van der Waals surface area contributed by atoms with Gasteiger partial charge in [0.15, 0.2) is 0 Å². The Bertz CT molecular complexity index is 557. The second-order valence-electron chi connectivity index (χ2n) is 5.09. The minimum Gasteiger partial charge on any atom is -0.356 e. The monoisotopic (exact) mass is 269 g/mol. The number of para-hydroxylation sites is 1. The van der Waals surface area contributed by atoms with E-state index in [1.54, 1.807) is 6.33 Å². The molecule has 2 aromatic rings. The molecule has 1 aromatic carbocycles. The quantitative estimate of drug-likeness (QED) is 0.888. The zero-order chi connectivity index (χ0) is 13.8. The molecule has 0 amide bonds. The van der Waals surface area contributed by atoms with Gasteiger partial charge in [-0.2, -0.15) is 0 Å². The van der Waals surface area contributed by atoms with E-state index >= 15 is 0 Å². The van der Waals surface area contributed by atoms with Gasteiger partial charge in [0, 0.05) is 24.8 Å². The summed E-state index contributed by atoms with van der Waals surface area (Å²) in [5, 5.41) is 3.29. The van der Waals surface area contributed by atoms with Crippen LogP contribution in [0.5, 0.6) is 0 Å². The molecule has 1 saturated heterocycles. The molecule has 0 saturated carbocycles. The molecule has 0 bridgehead atoms. The molecule has 1 unspecified atom stereocenters. The van der Waals surface area contributed by atoms with Crippen molar-refractivity contribution in [2.75, 3.05) is 29.9 Å². The zero-order valence-corrected chi connectivity index (χ0v) is 11.4. The molecule has 1 aliphatic heterocycles. The number of hydrogen-bond acceptors (Lipinski definition) is 5. The first-order valence-corrected chi connectivity index (χ1v) is 6.94. The molecule has 3 rings (SSSR count). The summed E-state index contributed by atoms with van der Waals surface area (Å²) in [6.45, 7) is 2.75. The summed E-state index contributed by atoms with van der Waals surface area (Å²) in [4.78, 5) is 10.9. The lowest BCUT2D eigenvalue weighted by Gasteiger charge is -2.17. The number of nitrogens with two attached hydrogens (primary N) is 1. The van der Waals surface area contributed by atoms with Crippen LogP contribution in [-0.2, 0) is 0 Å². The van der Waals surface area contributed by atoms with Gasteiger partial charge < -0.3 is 16.0 Å². The maximum Gasteiger partial charge on any atom is 0.135 e. The van der Waals surface area contributed by atoms with Crippen molar-refractivity contribution in [3.05, 3.63) is 42.7 Å². The van der Waals surface area contributed by atoms with Crippen LogP contribution in [0.1, 0.15) is 6.42 Å². The fourth-order valence-electron chi connectivity index (χ4n) is 2.49. The highest BCUT2D eigenvalue weighted by Crippen LogP contribution is 2.23. The maximum absolute atomic E-state index is 5.73. The first-order chi connectivity index (χ1) is 9.85. The van der Waals surface area contributed by atoms with Crippen molar-refractivity contribution in [1.82, 2.24) is 9.97 Å². The Labute approximate surface area is 118 Å². The summed E-state index contributed by atoms with van der Waals surface area (Å²) >= 11 is 0. The molecule has 1 fully saturated rings. The zero-order valence-electron chi connectivity index (χ0n) is 11.4. The number of nitrogens with one attached hydrogen (secondary N) is 1. The largest absolute Gasteiger partial charge is 0.356 e. The van der Waals surface area contributed by atoms with E-state index in [9.17, 15) is 0 Å². The molecule has 1 aromatic heterocycles. The second kappa shape index (κ2) is 5.88. The summed E-state index contributed by atoms with van der Waals surface area (Å²) in [5.74, 6) is 2.36. The third kappa shape index (κ3) is 2.88. The molecule has 1 atom stereocenters.